The van der Waals surface area contributed by atoms with Gasteiger partial charge >= 0.3 is 5.97 Å². The molecule has 0 amide bonds. The summed E-state index contributed by atoms with van der Waals surface area (Å²) in [4.78, 5) is 10.8. The van der Waals surface area contributed by atoms with Crippen molar-refractivity contribution >= 4 is 21.9 Å². The number of ether oxygens (including phenoxy) is 1. The van der Waals surface area contributed by atoms with E-state index >= 15 is 0 Å². The van der Waals surface area contributed by atoms with Crippen LogP contribution < -0.4 is 10.5 Å². The van der Waals surface area contributed by atoms with Gasteiger partial charge in [0.25, 0.3) is 0 Å². The molecule has 0 aliphatic heterocycles. The third-order valence-corrected chi connectivity index (χ3v) is 2.83. The molecular weight excluding hydrogens is 286 g/mol. The Balaban J connectivity index is 3.07. The quantitative estimate of drug-likeness (QED) is 0.874. The maximum atomic E-state index is 10.8. The van der Waals surface area contributed by atoms with Crippen molar-refractivity contribution < 1.29 is 14.6 Å². The summed E-state index contributed by atoms with van der Waals surface area (Å²) in [5, 5.41) is 8.85. The lowest BCUT2D eigenvalue weighted by atomic mass is 10.1. The molecular formula is C12H16BrNO3. The highest BCUT2D eigenvalue weighted by molar-refractivity contribution is 9.10. The van der Waals surface area contributed by atoms with Gasteiger partial charge in [-0.15, -0.1) is 0 Å². The normalized spacial score (nSPS) is 12.2. The largest absolute Gasteiger partial charge is 0.479 e. The molecule has 1 unspecified atom stereocenters. The molecule has 5 heteroatoms. The molecule has 0 aromatic heterocycles. The van der Waals surface area contributed by atoms with Crippen LogP contribution in [-0.4, -0.2) is 23.7 Å². The van der Waals surface area contributed by atoms with Crippen molar-refractivity contribution in [1.29, 1.82) is 0 Å². The number of nitrogens with two attached hydrogens (primary N) is 1. The van der Waals surface area contributed by atoms with E-state index in [-0.39, 0.29) is 0 Å². The van der Waals surface area contributed by atoms with Crippen LogP contribution in [0.3, 0.4) is 0 Å². The SMILES string of the molecule is Cc1cc(Br)cc(CCN)c1OC(C)C(=O)O. The number of hydrogen-bond donors (Lipinski definition) is 2. The van der Waals surface area contributed by atoms with Crippen LogP contribution in [-0.2, 0) is 11.2 Å². The fraction of sp³-hybridized carbons (Fsp3) is 0.417. The van der Waals surface area contributed by atoms with Crippen LogP contribution in [0, 0.1) is 6.92 Å². The molecule has 0 spiro atoms. The van der Waals surface area contributed by atoms with Gasteiger partial charge in [-0.2, -0.15) is 0 Å². The van der Waals surface area contributed by atoms with Crippen molar-refractivity contribution in [2.45, 2.75) is 26.4 Å². The number of halogens is 1. The number of hydrogen-bond acceptors (Lipinski definition) is 3. The van der Waals surface area contributed by atoms with Gasteiger partial charge in [0.05, 0.1) is 0 Å². The summed E-state index contributed by atoms with van der Waals surface area (Å²) in [6.45, 7) is 3.89. The number of aliphatic carboxylic acids is 1. The molecule has 0 radical (unpaired) electrons. The molecule has 94 valence electrons. The van der Waals surface area contributed by atoms with E-state index in [0.29, 0.717) is 18.7 Å². The summed E-state index contributed by atoms with van der Waals surface area (Å²) in [5.74, 6) is -0.362. The van der Waals surface area contributed by atoms with Crippen LogP contribution in [0.2, 0.25) is 0 Å². The van der Waals surface area contributed by atoms with E-state index in [0.717, 1.165) is 15.6 Å². The first-order chi connectivity index (χ1) is 7.95. The van der Waals surface area contributed by atoms with Crippen LogP contribution in [0.15, 0.2) is 16.6 Å². The van der Waals surface area contributed by atoms with Crippen molar-refractivity contribution in [2.75, 3.05) is 6.54 Å². The molecule has 17 heavy (non-hydrogen) atoms. The minimum atomic E-state index is -0.981. The van der Waals surface area contributed by atoms with Gasteiger partial charge < -0.3 is 15.6 Å². The van der Waals surface area contributed by atoms with E-state index in [1.165, 1.54) is 6.92 Å². The number of aryl methyl sites for hydroxylation is 1. The average Bonchev–Trinajstić information content (AvgIpc) is 2.23. The summed E-state index contributed by atoms with van der Waals surface area (Å²) in [6.07, 6.45) is -0.214. The third kappa shape index (κ3) is 3.71. The van der Waals surface area contributed by atoms with Gasteiger partial charge in [-0.25, -0.2) is 4.79 Å². The predicted molar refractivity (Wildman–Crippen MR) is 69.4 cm³/mol. The molecule has 1 atom stereocenters. The maximum Gasteiger partial charge on any atom is 0.344 e. The fourth-order valence-electron chi connectivity index (χ4n) is 1.54. The standard InChI is InChI=1S/C12H16BrNO3/c1-7-5-10(13)6-9(3-4-14)11(7)17-8(2)12(15)16/h5-6,8H,3-4,14H2,1-2H3,(H,15,16). The number of carboxylic acids is 1. The number of benzene rings is 1. The summed E-state index contributed by atoms with van der Waals surface area (Å²) in [7, 11) is 0. The van der Waals surface area contributed by atoms with Gasteiger partial charge in [0.2, 0.25) is 0 Å². The highest BCUT2D eigenvalue weighted by atomic mass is 79.9. The number of carboxylic acid groups (broad SMARTS) is 1. The second kappa shape index (κ2) is 6.02. The predicted octanol–water partition coefficient (Wildman–Crippen LogP) is 2.11. The Hall–Kier alpha value is -1.07. The van der Waals surface area contributed by atoms with Crippen molar-refractivity contribution in [3.63, 3.8) is 0 Å². The molecule has 0 aliphatic carbocycles. The lowest BCUT2D eigenvalue weighted by molar-refractivity contribution is -0.144. The van der Waals surface area contributed by atoms with Gasteiger partial charge in [0.1, 0.15) is 5.75 Å². The summed E-state index contributed by atoms with van der Waals surface area (Å²) in [6, 6.07) is 3.80. The lowest BCUT2D eigenvalue weighted by Gasteiger charge is -2.17. The van der Waals surface area contributed by atoms with Crippen LogP contribution >= 0.6 is 15.9 Å². The zero-order chi connectivity index (χ0) is 13.0. The van der Waals surface area contributed by atoms with E-state index in [4.69, 9.17) is 15.6 Å². The van der Waals surface area contributed by atoms with E-state index in [9.17, 15) is 4.79 Å². The van der Waals surface area contributed by atoms with E-state index in [2.05, 4.69) is 15.9 Å². The van der Waals surface area contributed by atoms with Crippen molar-refractivity contribution in [2.24, 2.45) is 5.73 Å². The molecule has 0 saturated carbocycles. The van der Waals surface area contributed by atoms with Gasteiger partial charge in [0, 0.05) is 4.47 Å². The van der Waals surface area contributed by atoms with Crippen molar-refractivity contribution in [3.8, 4) is 5.75 Å². The Morgan fingerprint density at radius 1 is 1.59 bits per heavy atom. The van der Waals surface area contributed by atoms with Crippen LogP contribution in [0.1, 0.15) is 18.1 Å². The summed E-state index contributed by atoms with van der Waals surface area (Å²) >= 11 is 3.40. The molecule has 0 aliphatic rings. The molecule has 1 rings (SSSR count). The van der Waals surface area contributed by atoms with Gasteiger partial charge in [-0.1, -0.05) is 15.9 Å². The zero-order valence-electron chi connectivity index (χ0n) is 9.87. The van der Waals surface area contributed by atoms with Crippen LogP contribution in [0.4, 0.5) is 0 Å². The molecule has 1 aromatic rings. The highest BCUT2D eigenvalue weighted by Crippen LogP contribution is 2.29. The Bertz CT molecular complexity index is 420. The Labute approximate surface area is 109 Å². The molecule has 4 nitrogen and oxygen atoms in total. The van der Waals surface area contributed by atoms with Crippen LogP contribution in [0.25, 0.3) is 0 Å². The first-order valence-corrected chi connectivity index (χ1v) is 6.13. The van der Waals surface area contributed by atoms with Crippen LogP contribution in [0.5, 0.6) is 5.75 Å². The molecule has 0 saturated heterocycles. The Morgan fingerprint density at radius 2 is 2.24 bits per heavy atom. The highest BCUT2D eigenvalue weighted by Gasteiger charge is 2.16. The first kappa shape index (κ1) is 14.0. The third-order valence-electron chi connectivity index (χ3n) is 2.37. The monoisotopic (exact) mass is 301 g/mol. The number of rotatable bonds is 5. The Kier molecular flexibility index (Phi) is 4.96. The zero-order valence-corrected chi connectivity index (χ0v) is 11.5. The van der Waals surface area contributed by atoms with E-state index < -0.39 is 12.1 Å². The first-order valence-electron chi connectivity index (χ1n) is 5.34. The van der Waals surface area contributed by atoms with Gasteiger partial charge in [-0.3, -0.25) is 0 Å². The molecule has 0 bridgehead atoms. The maximum absolute atomic E-state index is 10.8. The average molecular weight is 302 g/mol. The molecule has 0 fully saturated rings. The second-order valence-corrected chi connectivity index (χ2v) is 4.76. The summed E-state index contributed by atoms with van der Waals surface area (Å²) in [5.41, 5.74) is 7.36. The fourth-order valence-corrected chi connectivity index (χ4v) is 2.16. The Morgan fingerprint density at radius 3 is 2.76 bits per heavy atom. The van der Waals surface area contributed by atoms with Crippen molar-refractivity contribution in [3.05, 3.63) is 27.7 Å². The molecule has 1 aromatic carbocycles. The van der Waals surface area contributed by atoms with Gasteiger partial charge in [0.15, 0.2) is 6.10 Å². The molecule has 0 heterocycles. The lowest BCUT2D eigenvalue weighted by Crippen LogP contribution is -2.24. The minimum absolute atomic E-state index is 0.494. The molecule has 3 N–H and O–H groups in total. The van der Waals surface area contributed by atoms with E-state index in [1.54, 1.807) is 0 Å². The second-order valence-electron chi connectivity index (χ2n) is 3.85. The summed E-state index contributed by atoms with van der Waals surface area (Å²) < 4.78 is 6.41. The topological polar surface area (TPSA) is 72.5 Å². The number of carbonyl (C=O) groups is 1. The van der Waals surface area contributed by atoms with Crippen molar-refractivity contribution in [1.82, 2.24) is 0 Å². The van der Waals surface area contributed by atoms with Gasteiger partial charge in [-0.05, 0) is 50.1 Å². The minimum Gasteiger partial charge on any atom is -0.479 e. The van der Waals surface area contributed by atoms with E-state index in [1.807, 2.05) is 19.1 Å². The smallest absolute Gasteiger partial charge is 0.344 e.